The molecule has 2 nitrogen and oxygen atoms in total. The Bertz CT molecular complexity index is 299. The summed E-state index contributed by atoms with van der Waals surface area (Å²) >= 11 is 1.89. The van der Waals surface area contributed by atoms with Crippen LogP contribution >= 0.6 is 11.8 Å². The normalized spacial score (nSPS) is 19.6. The lowest BCUT2D eigenvalue weighted by Gasteiger charge is -2.04. The van der Waals surface area contributed by atoms with Crippen LogP contribution in [0, 0.1) is 0 Å². The summed E-state index contributed by atoms with van der Waals surface area (Å²) in [5, 5.41) is 0. The van der Waals surface area contributed by atoms with E-state index in [9.17, 15) is 0 Å². The third kappa shape index (κ3) is 2.77. The van der Waals surface area contributed by atoms with Gasteiger partial charge in [-0.2, -0.15) is 11.8 Å². The minimum absolute atomic E-state index is 0.309. The second kappa shape index (κ2) is 5.05. The second-order valence-corrected chi connectivity index (χ2v) is 4.22. The summed E-state index contributed by atoms with van der Waals surface area (Å²) in [7, 11) is 0. The number of benzene rings is 1. The number of hydrogen-bond donors (Lipinski definition) is 0. The van der Waals surface area contributed by atoms with Crippen LogP contribution in [-0.4, -0.2) is 24.8 Å². The Hall–Kier alpha value is -0.960. The SMILES string of the molecule is [C]1=NC(CSCc2ccccc2)CO1. The van der Waals surface area contributed by atoms with E-state index in [4.69, 9.17) is 4.74 Å². The number of thioether (sulfide) groups is 1. The van der Waals surface area contributed by atoms with Gasteiger partial charge in [0.25, 0.3) is 6.40 Å². The van der Waals surface area contributed by atoms with Crippen LogP contribution in [0.2, 0.25) is 0 Å². The molecule has 1 unspecified atom stereocenters. The van der Waals surface area contributed by atoms with Gasteiger partial charge in [-0.15, -0.1) is 0 Å². The first-order valence-electron chi connectivity index (χ1n) is 4.63. The standard InChI is InChI=1S/C11H12NOS/c1-2-4-10(5-3-1)7-14-8-11-6-13-9-12-11/h1-5,11H,6-8H2. The highest BCUT2D eigenvalue weighted by Gasteiger charge is 2.11. The lowest BCUT2D eigenvalue weighted by Crippen LogP contribution is -2.09. The van der Waals surface area contributed by atoms with Crippen LogP contribution in [0.3, 0.4) is 0 Å². The van der Waals surface area contributed by atoms with Gasteiger partial charge in [-0.1, -0.05) is 30.3 Å². The zero-order valence-electron chi connectivity index (χ0n) is 7.85. The molecule has 1 aliphatic heterocycles. The van der Waals surface area contributed by atoms with E-state index in [2.05, 4.69) is 35.7 Å². The van der Waals surface area contributed by atoms with Gasteiger partial charge in [0.15, 0.2) is 0 Å². The maximum atomic E-state index is 4.93. The molecule has 0 saturated heterocycles. The van der Waals surface area contributed by atoms with Crippen molar-refractivity contribution in [3.63, 3.8) is 0 Å². The molecule has 1 aromatic rings. The van der Waals surface area contributed by atoms with Crippen LogP contribution in [0.5, 0.6) is 0 Å². The second-order valence-electron chi connectivity index (χ2n) is 3.19. The fourth-order valence-electron chi connectivity index (χ4n) is 1.25. The molecule has 14 heavy (non-hydrogen) atoms. The Morgan fingerprint density at radius 3 is 3.00 bits per heavy atom. The summed E-state index contributed by atoms with van der Waals surface area (Å²) in [6, 6.07) is 10.8. The van der Waals surface area contributed by atoms with Crippen molar-refractivity contribution in [3.8, 4) is 0 Å². The Morgan fingerprint density at radius 2 is 2.29 bits per heavy atom. The molecule has 2 rings (SSSR count). The molecule has 0 spiro atoms. The van der Waals surface area contributed by atoms with Crippen molar-refractivity contribution >= 4 is 18.2 Å². The minimum Gasteiger partial charge on any atom is -0.472 e. The molecule has 3 heteroatoms. The third-order valence-corrected chi connectivity index (χ3v) is 3.16. The van der Waals surface area contributed by atoms with E-state index in [1.165, 1.54) is 5.56 Å². The number of ether oxygens (including phenoxy) is 1. The van der Waals surface area contributed by atoms with E-state index < -0.39 is 0 Å². The fourth-order valence-corrected chi connectivity index (χ4v) is 2.24. The van der Waals surface area contributed by atoms with Crippen LogP contribution in [0.1, 0.15) is 5.56 Å². The Morgan fingerprint density at radius 1 is 1.43 bits per heavy atom. The van der Waals surface area contributed by atoms with Gasteiger partial charge in [0, 0.05) is 11.5 Å². The van der Waals surface area contributed by atoms with E-state index in [0.29, 0.717) is 12.6 Å². The predicted octanol–water partition coefficient (Wildman–Crippen LogP) is 2.22. The van der Waals surface area contributed by atoms with Gasteiger partial charge in [-0.25, -0.2) is 4.99 Å². The summed E-state index contributed by atoms with van der Waals surface area (Å²) in [6.07, 6.45) is 2.53. The van der Waals surface area contributed by atoms with E-state index in [1.54, 1.807) is 0 Å². The Balaban J connectivity index is 1.70. The molecule has 0 aliphatic carbocycles. The van der Waals surface area contributed by atoms with Crippen LogP contribution in [0.4, 0.5) is 0 Å². The quantitative estimate of drug-likeness (QED) is 0.753. The third-order valence-electron chi connectivity index (χ3n) is 2.00. The van der Waals surface area contributed by atoms with E-state index in [-0.39, 0.29) is 0 Å². The first kappa shape index (κ1) is 9.59. The molecular weight excluding hydrogens is 194 g/mol. The predicted molar refractivity (Wildman–Crippen MR) is 59.8 cm³/mol. The molecule has 73 valence electrons. The summed E-state index contributed by atoms with van der Waals surface area (Å²) in [5.74, 6) is 2.06. The number of hydrogen-bond acceptors (Lipinski definition) is 3. The smallest absolute Gasteiger partial charge is 0.273 e. The van der Waals surface area contributed by atoms with Crippen LogP contribution in [0.15, 0.2) is 35.3 Å². The van der Waals surface area contributed by atoms with Crippen molar-refractivity contribution in [2.75, 3.05) is 12.4 Å². The molecule has 1 aromatic carbocycles. The maximum Gasteiger partial charge on any atom is 0.273 e. The molecule has 0 aromatic heterocycles. The molecule has 1 radical (unpaired) electrons. The van der Waals surface area contributed by atoms with Gasteiger partial charge in [-0.3, -0.25) is 0 Å². The zero-order chi connectivity index (χ0) is 9.64. The number of nitrogens with zero attached hydrogens (tertiary/aromatic N) is 1. The van der Waals surface area contributed by atoms with Crippen molar-refractivity contribution in [2.24, 2.45) is 4.99 Å². The lowest BCUT2D eigenvalue weighted by molar-refractivity contribution is 0.336. The topological polar surface area (TPSA) is 21.6 Å². The van der Waals surface area contributed by atoms with E-state index >= 15 is 0 Å². The van der Waals surface area contributed by atoms with Gasteiger partial charge in [0.2, 0.25) is 0 Å². The van der Waals surface area contributed by atoms with Crippen LogP contribution in [0.25, 0.3) is 0 Å². The molecular formula is C11H12NOS. The first-order valence-corrected chi connectivity index (χ1v) is 5.79. The van der Waals surface area contributed by atoms with Crippen LogP contribution < -0.4 is 0 Å². The average Bonchev–Trinajstić information content (AvgIpc) is 2.72. The Labute approximate surface area is 88.4 Å². The van der Waals surface area contributed by atoms with Crippen molar-refractivity contribution in [2.45, 2.75) is 11.8 Å². The van der Waals surface area contributed by atoms with Gasteiger partial charge >= 0.3 is 0 Å². The molecule has 0 N–H and O–H groups in total. The van der Waals surface area contributed by atoms with E-state index in [0.717, 1.165) is 11.5 Å². The first-order chi connectivity index (χ1) is 6.95. The highest BCUT2D eigenvalue weighted by Crippen LogP contribution is 2.15. The summed E-state index contributed by atoms with van der Waals surface area (Å²) in [4.78, 5) is 4.07. The minimum atomic E-state index is 0.309. The van der Waals surface area contributed by atoms with Gasteiger partial charge in [-0.05, 0) is 5.56 Å². The van der Waals surface area contributed by atoms with Crippen LogP contribution in [-0.2, 0) is 10.5 Å². The summed E-state index contributed by atoms with van der Waals surface area (Å²) in [6.45, 7) is 0.696. The molecule has 0 saturated carbocycles. The molecule has 1 aliphatic rings. The highest BCUT2D eigenvalue weighted by molar-refractivity contribution is 7.98. The molecule has 1 heterocycles. The van der Waals surface area contributed by atoms with Crippen molar-refractivity contribution in [1.82, 2.24) is 0 Å². The lowest BCUT2D eigenvalue weighted by atomic mass is 10.2. The zero-order valence-corrected chi connectivity index (χ0v) is 8.67. The Kier molecular flexibility index (Phi) is 3.46. The highest BCUT2D eigenvalue weighted by atomic mass is 32.2. The molecule has 0 bridgehead atoms. The maximum absolute atomic E-state index is 4.93. The van der Waals surface area contributed by atoms with Crippen molar-refractivity contribution in [1.29, 1.82) is 0 Å². The summed E-state index contributed by atoms with van der Waals surface area (Å²) < 4.78 is 4.93. The molecule has 0 fully saturated rings. The number of aliphatic imine (C=N–C) groups is 1. The van der Waals surface area contributed by atoms with Crippen molar-refractivity contribution in [3.05, 3.63) is 35.9 Å². The number of rotatable bonds is 4. The van der Waals surface area contributed by atoms with Gasteiger partial charge in [0.05, 0.1) is 6.04 Å². The molecule has 1 atom stereocenters. The average molecular weight is 206 g/mol. The van der Waals surface area contributed by atoms with Gasteiger partial charge in [0.1, 0.15) is 6.61 Å². The van der Waals surface area contributed by atoms with E-state index in [1.807, 2.05) is 17.8 Å². The van der Waals surface area contributed by atoms with Crippen molar-refractivity contribution < 1.29 is 4.74 Å². The van der Waals surface area contributed by atoms with Gasteiger partial charge < -0.3 is 4.74 Å². The largest absolute Gasteiger partial charge is 0.472 e. The fraction of sp³-hybridized carbons (Fsp3) is 0.364. The molecule has 0 amide bonds. The monoisotopic (exact) mass is 206 g/mol. The summed E-state index contributed by atoms with van der Waals surface area (Å²) in [5.41, 5.74) is 1.37.